The maximum Gasteiger partial charge on any atom is 0.247 e. The summed E-state index contributed by atoms with van der Waals surface area (Å²) >= 11 is 12.5. The van der Waals surface area contributed by atoms with Gasteiger partial charge >= 0.3 is 0 Å². The van der Waals surface area contributed by atoms with Gasteiger partial charge in [0.1, 0.15) is 17.8 Å². The number of nitrogens with two attached hydrogens (primary N) is 1. The highest BCUT2D eigenvalue weighted by Crippen LogP contribution is 2.34. The lowest BCUT2D eigenvalue weighted by atomic mass is 10.3. The molecular formula is C10H6Br2ClN3O. The van der Waals surface area contributed by atoms with Crippen molar-refractivity contribution in [3.8, 4) is 11.6 Å². The highest BCUT2D eigenvalue weighted by molar-refractivity contribution is 9.11. The molecule has 0 aliphatic rings. The topological polar surface area (TPSA) is 61.0 Å². The molecule has 2 N–H and O–H groups in total. The quantitative estimate of drug-likeness (QED) is 0.801. The number of hydrogen-bond acceptors (Lipinski definition) is 4. The minimum Gasteiger partial charge on any atom is -0.436 e. The van der Waals surface area contributed by atoms with Gasteiger partial charge < -0.3 is 10.5 Å². The van der Waals surface area contributed by atoms with Crippen LogP contribution in [-0.4, -0.2) is 9.97 Å². The van der Waals surface area contributed by atoms with Gasteiger partial charge in [0.05, 0.1) is 4.47 Å². The lowest BCUT2D eigenvalue weighted by Crippen LogP contribution is -1.97. The fourth-order valence-corrected chi connectivity index (χ4v) is 2.36. The summed E-state index contributed by atoms with van der Waals surface area (Å²) < 4.78 is 7.26. The molecule has 0 atom stereocenters. The Morgan fingerprint density at radius 2 is 2.00 bits per heavy atom. The van der Waals surface area contributed by atoms with E-state index in [4.69, 9.17) is 22.1 Å². The Morgan fingerprint density at radius 1 is 1.24 bits per heavy atom. The third-order valence-corrected chi connectivity index (χ3v) is 3.31. The van der Waals surface area contributed by atoms with Crippen LogP contribution in [0.1, 0.15) is 0 Å². The van der Waals surface area contributed by atoms with E-state index in [9.17, 15) is 0 Å². The monoisotopic (exact) mass is 377 g/mol. The van der Waals surface area contributed by atoms with Gasteiger partial charge in [-0.2, -0.15) is 4.98 Å². The van der Waals surface area contributed by atoms with E-state index in [0.717, 1.165) is 8.95 Å². The van der Waals surface area contributed by atoms with E-state index in [2.05, 4.69) is 41.8 Å². The van der Waals surface area contributed by atoms with Crippen molar-refractivity contribution in [2.45, 2.75) is 0 Å². The van der Waals surface area contributed by atoms with E-state index in [0.29, 0.717) is 5.75 Å². The summed E-state index contributed by atoms with van der Waals surface area (Å²) in [4.78, 5) is 7.67. The van der Waals surface area contributed by atoms with Crippen molar-refractivity contribution in [1.82, 2.24) is 9.97 Å². The molecule has 2 aromatic rings. The molecule has 7 heteroatoms. The van der Waals surface area contributed by atoms with Crippen molar-refractivity contribution < 1.29 is 4.74 Å². The minimum atomic E-state index is 0.170. The number of rotatable bonds is 2. The average molecular weight is 379 g/mol. The molecule has 0 unspecified atom stereocenters. The van der Waals surface area contributed by atoms with E-state index in [1.807, 2.05) is 12.1 Å². The molecule has 0 saturated carbocycles. The van der Waals surface area contributed by atoms with Crippen molar-refractivity contribution in [3.63, 3.8) is 0 Å². The molecule has 0 spiro atoms. The van der Waals surface area contributed by atoms with Crippen molar-refractivity contribution >= 4 is 49.1 Å². The molecule has 4 nitrogen and oxygen atoms in total. The molecule has 0 bridgehead atoms. The Kier molecular flexibility index (Phi) is 3.86. The van der Waals surface area contributed by atoms with Crippen LogP contribution in [0.25, 0.3) is 0 Å². The number of hydrogen-bond donors (Lipinski definition) is 1. The van der Waals surface area contributed by atoms with Gasteiger partial charge in [-0.25, -0.2) is 4.98 Å². The first-order valence-electron chi connectivity index (χ1n) is 4.47. The van der Waals surface area contributed by atoms with Crippen LogP contribution in [0.5, 0.6) is 11.6 Å². The van der Waals surface area contributed by atoms with Gasteiger partial charge in [-0.15, -0.1) is 0 Å². The predicted molar refractivity (Wildman–Crippen MR) is 73.4 cm³/mol. The maximum atomic E-state index is 5.77. The zero-order valence-electron chi connectivity index (χ0n) is 8.32. The van der Waals surface area contributed by atoms with E-state index in [-0.39, 0.29) is 16.7 Å². The van der Waals surface area contributed by atoms with Crippen LogP contribution in [-0.2, 0) is 0 Å². The highest BCUT2D eigenvalue weighted by Gasteiger charge is 2.10. The average Bonchev–Trinajstić information content (AvgIpc) is 2.28. The molecule has 0 fully saturated rings. The van der Waals surface area contributed by atoms with Gasteiger partial charge in [-0.05, 0) is 34.1 Å². The number of aromatic nitrogens is 2. The second-order valence-electron chi connectivity index (χ2n) is 3.06. The third-order valence-electron chi connectivity index (χ3n) is 1.90. The molecule has 1 aromatic carbocycles. The van der Waals surface area contributed by atoms with Crippen LogP contribution in [0.3, 0.4) is 0 Å². The van der Waals surface area contributed by atoms with Gasteiger partial charge in [0.2, 0.25) is 5.88 Å². The molecule has 0 radical (unpaired) electrons. The first-order chi connectivity index (χ1) is 8.08. The summed E-state index contributed by atoms with van der Waals surface area (Å²) in [5.74, 6) is 0.822. The molecule has 88 valence electrons. The second-order valence-corrected chi connectivity index (χ2v) is 5.19. The standard InChI is InChI=1S/C10H6Br2ClN3O/c11-5-1-2-7(6(12)3-5)17-10-8(14)9(13)15-4-16-10/h1-4H,14H2. The Labute approximate surface area is 119 Å². The van der Waals surface area contributed by atoms with Crippen molar-refractivity contribution in [2.24, 2.45) is 0 Å². The van der Waals surface area contributed by atoms with Gasteiger partial charge in [0.15, 0.2) is 5.15 Å². The van der Waals surface area contributed by atoms with E-state index >= 15 is 0 Å². The Morgan fingerprint density at radius 3 is 2.71 bits per heavy atom. The fourth-order valence-electron chi connectivity index (χ4n) is 1.10. The van der Waals surface area contributed by atoms with Crippen LogP contribution in [0.2, 0.25) is 5.15 Å². The normalized spacial score (nSPS) is 10.3. The summed E-state index contributed by atoms with van der Waals surface area (Å²) in [6.45, 7) is 0. The first kappa shape index (κ1) is 12.6. The largest absolute Gasteiger partial charge is 0.436 e. The van der Waals surface area contributed by atoms with Crippen LogP contribution >= 0.6 is 43.5 Å². The second kappa shape index (κ2) is 5.20. The van der Waals surface area contributed by atoms with Crippen LogP contribution < -0.4 is 10.5 Å². The number of anilines is 1. The maximum absolute atomic E-state index is 5.77. The Bertz CT molecular complexity index is 565. The molecule has 0 aliphatic heterocycles. The smallest absolute Gasteiger partial charge is 0.247 e. The predicted octanol–water partition coefficient (Wildman–Crippen LogP) is 4.03. The van der Waals surface area contributed by atoms with Crippen molar-refractivity contribution in [1.29, 1.82) is 0 Å². The van der Waals surface area contributed by atoms with Crippen molar-refractivity contribution in [3.05, 3.63) is 38.6 Å². The summed E-state index contributed by atoms with van der Waals surface area (Å²) in [6.07, 6.45) is 1.29. The lowest BCUT2D eigenvalue weighted by molar-refractivity contribution is 0.461. The zero-order valence-corrected chi connectivity index (χ0v) is 12.3. The minimum absolute atomic E-state index is 0.170. The molecule has 17 heavy (non-hydrogen) atoms. The first-order valence-corrected chi connectivity index (χ1v) is 6.43. The summed E-state index contributed by atoms with van der Waals surface area (Å²) in [5.41, 5.74) is 5.92. The third kappa shape index (κ3) is 2.88. The fraction of sp³-hybridized carbons (Fsp3) is 0. The molecule has 2 rings (SSSR count). The summed E-state index contributed by atoms with van der Waals surface area (Å²) in [7, 11) is 0. The molecule has 0 aliphatic carbocycles. The highest BCUT2D eigenvalue weighted by atomic mass is 79.9. The van der Waals surface area contributed by atoms with Crippen molar-refractivity contribution in [2.75, 3.05) is 5.73 Å². The lowest BCUT2D eigenvalue weighted by Gasteiger charge is -2.09. The summed E-state index contributed by atoms with van der Waals surface area (Å²) in [6, 6.07) is 5.48. The molecule has 0 saturated heterocycles. The number of ether oxygens (including phenoxy) is 1. The van der Waals surface area contributed by atoms with Crippen LogP contribution in [0, 0.1) is 0 Å². The molecule has 1 aromatic heterocycles. The molecule has 1 heterocycles. The van der Waals surface area contributed by atoms with Gasteiger partial charge in [-0.3, -0.25) is 0 Å². The van der Waals surface area contributed by atoms with E-state index < -0.39 is 0 Å². The number of nitrogen functional groups attached to an aromatic ring is 1. The Hall–Kier alpha value is -0.850. The van der Waals surface area contributed by atoms with E-state index in [1.54, 1.807) is 6.07 Å². The summed E-state index contributed by atoms with van der Waals surface area (Å²) in [5, 5.41) is 0.170. The van der Waals surface area contributed by atoms with Gasteiger partial charge in [0.25, 0.3) is 0 Å². The van der Waals surface area contributed by atoms with Crippen LogP contribution in [0.4, 0.5) is 5.69 Å². The molecule has 0 amide bonds. The van der Waals surface area contributed by atoms with Crippen LogP contribution in [0.15, 0.2) is 33.5 Å². The Balaban J connectivity index is 2.35. The SMILES string of the molecule is Nc1c(Cl)ncnc1Oc1ccc(Br)cc1Br. The molecular weight excluding hydrogens is 373 g/mol. The van der Waals surface area contributed by atoms with Gasteiger partial charge in [0, 0.05) is 4.47 Å². The van der Waals surface area contributed by atoms with E-state index in [1.165, 1.54) is 6.33 Å². The number of halogens is 3. The zero-order chi connectivity index (χ0) is 12.4. The number of nitrogens with zero attached hydrogens (tertiary/aromatic N) is 2. The van der Waals surface area contributed by atoms with Gasteiger partial charge in [-0.1, -0.05) is 27.5 Å². The number of benzene rings is 1.